The molecule has 2 saturated heterocycles. The van der Waals surface area contributed by atoms with Gasteiger partial charge in [-0.3, -0.25) is 9.59 Å². The van der Waals surface area contributed by atoms with Crippen molar-refractivity contribution in [3.8, 4) is 0 Å². The lowest BCUT2D eigenvalue weighted by Crippen LogP contribution is -2.37. The summed E-state index contributed by atoms with van der Waals surface area (Å²) in [5, 5.41) is 12.5. The second-order valence-electron chi connectivity index (χ2n) is 5.57. The van der Waals surface area contributed by atoms with Gasteiger partial charge < -0.3 is 15.3 Å². The molecule has 2 rings (SSSR count). The Bertz CT molecular complexity index is 339. The Morgan fingerprint density at radius 3 is 2.78 bits per heavy atom. The summed E-state index contributed by atoms with van der Waals surface area (Å²) in [7, 11) is 0. The highest BCUT2D eigenvalue weighted by Crippen LogP contribution is 2.34. The second kappa shape index (κ2) is 5.26. The van der Waals surface area contributed by atoms with Gasteiger partial charge in [-0.25, -0.2) is 0 Å². The van der Waals surface area contributed by atoms with Crippen molar-refractivity contribution in [1.82, 2.24) is 10.2 Å². The maximum atomic E-state index is 12.1. The first kappa shape index (κ1) is 13.3. The molecule has 0 saturated carbocycles. The van der Waals surface area contributed by atoms with Gasteiger partial charge in [-0.1, -0.05) is 6.92 Å². The SMILES string of the molecule is CCC1(C(=O)O)CCN(C(=O)CC2CCNC2)C1. The Kier molecular flexibility index (Phi) is 3.90. The molecular formula is C13H22N2O3. The van der Waals surface area contributed by atoms with Gasteiger partial charge in [-0.05, 0) is 38.3 Å². The number of hydrogen-bond acceptors (Lipinski definition) is 3. The highest BCUT2D eigenvalue weighted by atomic mass is 16.4. The van der Waals surface area contributed by atoms with Crippen molar-refractivity contribution in [3.05, 3.63) is 0 Å². The number of amides is 1. The van der Waals surface area contributed by atoms with E-state index < -0.39 is 11.4 Å². The lowest BCUT2D eigenvalue weighted by atomic mass is 9.84. The van der Waals surface area contributed by atoms with E-state index in [1.807, 2.05) is 6.92 Å². The third kappa shape index (κ3) is 2.51. The minimum Gasteiger partial charge on any atom is -0.481 e. The fraction of sp³-hybridized carbons (Fsp3) is 0.846. The molecule has 2 fully saturated rings. The zero-order chi connectivity index (χ0) is 13.2. The van der Waals surface area contributed by atoms with Gasteiger partial charge in [0.2, 0.25) is 5.91 Å². The van der Waals surface area contributed by atoms with Gasteiger partial charge in [0.15, 0.2) is 0 Å². The van der Waals surface area contributed by atoms with Crippen molar-refractivity contribution in [2.45, 2.75) is 32.6 Å². The van der Waals surface area contributed by atoms with Gasteiger partial charge in [0, 0.05) is 19.5 Å². The lowest BCUT2D eigenvalue weighted by molar-refractivity contribution is -0.148. The van der Waals surface area contributed by atoms with E-state index in [9.17, 15) is 14.7 Å². The number of carbonyl (C=O) groups excluding carboxylic acids is 1. The molecule has 2 aliphatic heterocycles. The van der Waals surface area contributed by atoms with Gasteiger partial charge in [-0.15, -0.1) is 0 Å². The van der Waals surface area contributed by atoms with Crippen LogP contribution in [-0.4, -0.2) is 48.1 Å². The average molecular weight is 254 g/mol. The van der Waals surface area contributed by atoms with Crippen LogP contribution in [0.3, 0.4) is 0 Å². The summed E-state index contributed by atoms with van der Waals surface area (Å²) in [5.41, 5.74) is -0.705. The molecule has 5 heteroatoms. The van der Waals surface area contributed by atoms with Crippen LogP contribution in [-0.2, 0) is 9.59 Å². The van der Waals surface area contributed by atoms with Crippen LogP contribution in [0, 0.1) is 11.3 Å². The number of hydrogen-bond donors (Lipinski definition) is 2. The van der Waals surface area contributed by atoms with E-state index >= 15 is 0 Å². The molecule has 0 aliphatic carbocycles. The molecule has 1 amide bonds. The van der Waals surface area contributed by atoms with Crippen molar-refractivity contribution in [1.29, 1.82) is 0 Å². The topological polar surface area (TPSA) is 69.6 Å². The predicted octanol–water partition coefficient (Wildman–Crippen LogP) is 0.699. The summed E-state index contributed by atoms with van der Waals surface area (Å²) in [6, 6.07) is 0. The van der Waals surface area contributed by atoms with Crippen molar-refractivity contribution < 1.29 is 14.7 Å². The number of likely N-dealkylation sites (tertiary alicyclic amines) is 1. The van der Waals surface area contributed by atoms with E-state index in [1.54, 1.807) is 4.90 Å². The van der Waals surface area contributed by atoms with Gasteiger partial charge >= 0.3 is 5.97 Å². The third-order valence-electron chi connectivity index (χ3n) is 4.46. The maximum absolute atomic E-state index is 12.1. The van der Waals surface area contributed by atoms with E-state index in [-0.39, 0.29) is 5.91 Å². The number of carboxylic acid groups (broad SMARTS) is 1. The predicted molar refractivity (Wildman–Crippen MR) is 67.2 cm³/mol. The first-order valence-corrected chi connectivity index (χ1v) is 6.79. The van der Waals surface area contributed by atoms with Gasteiger partial charge in [-0.2, -0.15) is 0 Å². The summed E-state index contributed by atoms with van der Waals surface area (Å²) in [5.74, 6) is -0.206. The number of rotatable bonds is 4. The summed E-state index contributed by atoms with van der Waals surface area (Å²) in [6.07, 6.45) is 2.80. The van der Waals surface area contributed by atoms with Gasteiger partial charge in [0.1, 0.15) is 0 Å². The molecule has 0 aromatic heterocycles. The Labute approximate surface area is 108 Å². The van der Waals surface area contributed by atoms with Crippen molar-refractivity contribution >= 4 is 11.9 Å². The standard InChI is InChI=1S/C13H22N2O3/c1-2-13(12(17)18)4-6-15(9-13)11(16)7-10-3-5-14-8-10/h10,14H,2-9H2,1H3,(H,17,18). The summed E-state index contributed by atoms with van der Waals surface area (Å²) >= 11 is 0. The van der Waals surface area contributed by atoms with Crippen LogP contribution in [0.4, 0.5) is 0 Å². The molecule has 2 atom stereocenters. The Hall–Kier alpha value is -1.10. The van der Waals surface area contributed by atoms with Crippen LogP contribution in [0.2, 0.25) is 0 Å². The zero-order valence-electron chi connectivity index (χ0n) is 10.9. The minimum atomic E-state index is -0.761. The summed E-state index contributed by atoms with van der Waals surface area (Å²) in [4.78, 5) is 25.2. The van der Waals surface area contributed by atoms with Crippen LogP contribution in [0.1, 0.15) is 32.6 Å². The molecule has 102 valence electrons. The number of carbonyl (C=O) groups is 2. The molecule has 0 bridgehead atoms. The van der Waals surface area contributed by atoms with E-state index in [2.05, 4.69) is 5.32 Å². The molecule has 0 aromatic carbocycles. The highest BCUT2D eigenvalue weighted by Gasteiger charge is 2.44. The molecule has 0 spiro atoms. The first-order valence-electron chi connectivity index (χ1n) is 6.79. The monoisotopic (exact) mass is 254 g/mol. The molecule has 5 nitrogen and oxygen atoms in total. The number of nitrogens with one attached hydrogen (secondary N) is 1. The van der Waals surface area contributed by atoms with Crippen molar-refractivity contribution in [3.63, 3.8) is 0 Å². The molecule has 18 heavy (non-hydrogen) atoms. The Morgan fingerprint density at radius 2 is 2.28 bits per heavy atom. The lowest BCUT2D eigenvalue weighted by Gasteiger charge is -2.23. The van der Waals surface area contributed by atoms with Gasteiger partial charge in [0.25, 0.3) is 0 Å². The minimum absolute atomic E-state index is 0.125. The fourth-order valence-electron chi connectivity index (χ4n) is 2.96. The molecule has 2 N–H and O–H groups in total. The van der Waals surface area contributed by atoms with Crippen LogP contribution < -0.4 is 5.32 Å². The molecule has 0 radical (unpaired) electrons. The molecular weight excluding hydrogens is 232 g/mol. The van der Waals surface area contributed by atoms with Crippen molar-refractivity contribution in [2.75, 3.05) is 26.2 Å². The Morgan fingerprint density at radius 1 is 1.50 bits per heavy atom. The second-order valence-corrected chi connectivity index (χ2v) is 5.57. The average Bonchev–Trinajstić information content (AvgIpc) is 2.97. The largest absolute Gasteiger partial charge is 0.481 e. The van der Waals surface area contributed by atoms with E-state index in [0.29, 0.717) is 38.3 Å². The molecule has 2 unspecified atom stereocenters. The van der Waals surface area contributed by atoms with E-state index in [0.717, 1.165) is 19.5 Å². The highest BCUT2D eigenvalue weighted by molar-refractivity contribution is 5.80. The Balaban J connectivity index is 1.91. The van der Waals surface area contributed by atoms with Crippen molar-refractivity contribution in [2.24, 2.45) is 11.3 Å². The number of carboxylic acids is 1. The van der Waals surface area contributed by atoms with Crippen LogP contribution >= 0.6 is 0 Å². The van der Waals surface area contributed by atoms with Crippen LogP contribution in [0.5, 0.6) is 0 Å². The van der Waals surface area contributed by atoms with E-state index in [1.165, 1.54) is 0 Å². The molecule has 0 aromatic rings. The molecule has 2 heterocycles. The first-order chi connectivity index (χ1) is 8.57. The zero-order valence-corrected chi connectivity index (χ0v) is 10.9. The smallest absolute Gasteiger partial charge is 0.311 e. The van der Waals surface area contributed by atoms with Gasteiger partial charge in [0.05, 0.1) is 5.41 Å². The van der Waals surface area contributed by atoms with Crippen LogP contribution in [0.15, 0.2) is 0 Å². The molecule has 2 aliphatic rings. The normalized spacial score (nSPS) is 31.8. The maximum Gasteiger partial charge on any atom is 0.311 e. The summed E-state index contributed by atoms with van der Waals surface area (Å²) < 4.78 is 0. The van der Waals surface area contributed by atoms with Crippen LogP contribution in [0.25, 0.3) is 0 Å². The number of nitrogens with zero attached hydrogens (tertiary/aromatic N) is 1. The fourth-order valence-corrected chi connectivity index (χ4v) is 2.96. The number of aliphatic carboxylic acids is 1. The third-order valence-corrected chi connectivity index (χ3v) is 4.46. The quantitative estimate of drug-likeness (QED) is 0.775. The summed E-state index contributed by atoms with van der Waals surface area (Å²) in [6.45, 7) is 4.78. The van der Waals surface area contributed by atoms with E-state index in [4.69, 9.17) is 0 Å².